The minimum absolute atomic E-state index is 0.310. The first-order valence-corrected chi connectivity index (χ1v) is 6.06. The topological polar surface area (TPSA) is 90.8 Å². The molecule has 0 saturated carbocycles. The fourth-order valence-electron chi connectivity index (χ4n) is 2.01. The number of rotatable bonds is 4. The molecule has 18 heavy (non-hydrogen) atoms. The summed E-state index contributed by atoms with van der Waals surface area (Å²) in [5, 5.41) is 6.85. The zero-order valence-electron chi connectivity index (χ0n) is 10.3. The molecule has 0 spiro atoms. The van der Waals surface area contributed by atoms with E-state index in [2.05, 4.69) is 15.4 Å². The van der Waals surface area contributed by atoms with Gasteiger partial charge in [0.2, 0.25) is 0 Å². The lowest BCUT2D eigenvalue weighted by Crippen LogP contribution is -2.32. The van der Waals surface area contributed by atoms with E-state index in [0.29, 0.717) is 19.0 Å². The van der Waals surface area contributed by atoms with Crippen molar-refractivity contribution in [2.75, 3.05) is 6.54 Å². The van der Waals surface area contributed by atoms with Crippen molar-refractivity contribution in [3.05, 3.63) is 11.5 Å². The Labute approximate surface area is 109 Å². The summed E-state index contributed by atoms with van der Waals surface area (Å²) < 4.78 is 3.70. The average molecular weight is 271 g/mol. The molecule has 0 saturated heterocycles. The third kappa shape index (κ3) is 2.13. The number of nitrogens with two attached hydrogens (primary N) is 1. The highest BCUT2D eigenvalue weighted by atomic mass is 35.5. The van der Waals surface area contributed by atoms with Crippen LogP contribution in [0.1, 0.15) is 11.5 Å². The van der Waals surface area contributed by atoms with Crippen LogP contribution in [0.5, 0.6) is 0 Å². The van der Waals surface area contributed by atoms with Gasteiger partial charge in [0.15, 0.2) is 5.65 Å². The van der Waals surface area contributed by atoms with E-state index >= 15 is 0 Å². The Kier molecular flexibility index (Phi) is 3.42. The van der Waals surface area contributed by atoms with Crippen molar-refractivity contribution >= 4 is 28.8 Å². The maximum absolute atomic E-state index is 10.7. The molecule has 0 radical (unpaired) electrons. The lowest BCUT2D eigenvalue weighted by Gasteiger charge is -2.08. The number of halogens is 1. The van der Waals surface area contributed by atoms with Crippen LogP contribution in [0.15, 0.2) is 0 Å². The normalized spacial score (nSPS) is 11.1. The summed E-state index contributed by atoms with van der Waals surface area (Å²) in [7, 11) is 1.85. The average Bonchev–Trinajstić information content (AvgIpc) is 2.79. The van der Waals surface area contributed by atoms with Gasteiger partial charge in [-0.05, 0) is 6.92 Å². The minimum Gasteiger partial charge on any atom is -0.352 e. The van der Waals surface area contributed by atoms with Gasteiger partial charge in [-0.15, -0.1) is 11.6 Å². The monoisotopic (exact) mass is 270 g/mol. The number of aromatic nitrogens is 4. The van der Waals surface area contributed by atoms with Crippen LogP contribution in [0.4, 0.5) is 4.79 Å². The second-order valence-electron chi connectivity index (χ2n) is 3.99. The number of carbonyl (C=O) groups excluding carboxylic acids is 1. The molecule has 8 heteroatoms. The van der Waals surface area contributed by atoms with E-state index in [4.69, 9.17) is 17.3 Å². The highest BCUT2D eigenvalue weighted by molar-refractivity contribution is 6.16. The van der Waals surface area contributed by atoms with Gasteiger partial charge in [0.05, 0.1) is 11.6 Å². The van der Waals surface area contributed by atoms with Crippen LogP contribution in [-0.2, 0) is 19.5 Å². The first-order chi connectivity index (χ1) is 8.54. The Hall–Kier alpha value is -1.76. The Balaban J connectivity index is 2.36. The van der Waals surface area contributed by atoms with E-state index in [1.54, 1.807) is 4.68 Å². The van der Waals surface area contributed by atoms with Crippen LogP contribution < -0.4 is 11.1 Å². The summed E-state index contributed by atoms with van der Waals surface area (Å²) in [6, 6.07) is -0.542. The van der Waals surface area contributed by atoms with Gasteiger partial charge >= 0.3 is 6.03 Å². The largest absolute Gasteiger partial charge is 0.352 e. The minimum atomic E-state index is -0.542. The van der Waals surface area contributed by atoms with E-state index in [0.717, 1.165) is 22.7 Å². The smallest absolute Gasteiger partial charge is 0.312 e. The van der Waals surface area contributed by atoms with Crippen LogP contribution >= 0.6 is 11.6 Å². The van der Waals surface area contributed by atoms with Crippen LogP contribution in [0.2, 0.25) is 0 Å². The fraction of sp³-hybridized carbons (Fsp3) is 0.500. The molecule has 0 fully saturated rings. The molecule has 0 unspecified atom stereocenters. The first kappa shape index (κ1) is 12.7. The lowest BCUT2D eigenvalue weighted by molar-refractivity contribution is 0.248. The van der Waals surface area contributed by atoms with Gasteiger partial charge in [-0.25, -0.2) is 9.78 Å². The van der Waals surface area contributed by atoms with Crippen LogP contribution in [0.3, 0.4) is 0 Å². The van der Waals surface area contributed by atoms with E-state index in [1.165, 1.54) is 0 Å². The standard InChI is InChI=1S/C10H15ClN6O/c1-6-8-9(16(2)15-6)17(7(5-11)14-8)4-3-13-10(12)18/h3-5H2,1-2H3,(H3,12,13,18). The van der Waals surface area contributed by atoms with Crippen LogP contribution in [0, 0.1) is 6.92 Å². The third-order valence-electron chi connectivity index (χ3n) is 2.72. The van der Waals surface area contributed by atoms with Crippen molar-refractivity contribution in [1.29, 1.82) is 0 Å². The molecule has 2 rings (SSSR count). The zero-order chi connectivity index (χ0) is 13.3. The first-order valence-electron chi connectivity index (χ1n) is 5.52. The summed E-state index contributed by atoms with van der Waals surface area (Å²) in [5.41, 5.74) is 7.63. The molecule has 0 atom stereocenters. The van der Waals surface area contributed by atoms with Gasteiger partial charge in [0.1, 0.15) is 11.3 Å². The maximum atomic E-state index is 10.7. The number of primary amides is 1. The van der Waals surface area contributed by atoms with Crippen molar-refractivity contribution in [3.63, 3.8) is 0 Å². The molecule has 0 aliphatic heterocycles. The van der Waals surface area contributed by atoms with Crippen molar-refractivity contribution < 1.29 is 4.79 Å². The molecule has 2 amide bonds. The lowest BCUT2D eigenvalue weighted by atomic mass is 10.4. The van der Waals surface area contributed by atoms with Gasteiger partial charge in [0, 0.05) is 20.1 Å². The number of hydrogen-bond donors (Lipinski definition) is 2. The molecule has 98 valence electrons. The van der Waals surface area contributed by atoms with E-state index in [1.807, 2.05) is 18.5 Å². The highest BCUT2D eigenvalue weighted by Crippen LogP contribution is 2.19. The summed E-state index contributed by atoms with van der Waals surface area (Å²) in [6.45, 7) is 2.88. The number of urea groups is 1. The molecule has 2 heterocycles. The summed E-state index contributed by atoms with van der Waals surface area (Å²) in [6.07, 6.45) is 0. The number of nitrogens with one attached hydrogen (secondary N) is 1. The summed E-state index contributed by atoms with van der Waals surface area (Å²) in [5.74, 6) is 1.07. The van der Waals surface area contributed by atoms with Gasteiger partial charge in [-0.3, -0.25) is 4.68 Å². The number of alkyl halides is 1. The van der Waals surface area contributed by atoms with Crippen LogP contribution in [-0.4, -0.2) is 31.9 Å². The number of amides is 2. The fourth-order valence-corrected chi connectivity index (χ4v) is 2.21. The maximum Gasteiger partial charge on any atom is 0.312 e. The predicted octanol–water partition coefficient (Wildman–Crippen LogP) is 0.485. The van der Waals surface area contributed by atoms with Crippen molar-refractivity contribution in [3.8, 4) is 0 Å². The van der Waals surface area contributed by atoms with Crippen LogP contribution in [0.25, 0.3) is 11.2 Å². The Morgan fingerprint density at radius 3 is 2.89 bits per heavy atom. The van der Waals surface area contributed by atoms with E-state index in [-0.39, 0.29) is 0 Å². The van der Waals surface area contributed by atoms with Crippen molar-refractivity contribution in [1.82, 2.24) is 24.6 Å². The van der Waals surface area contributed by atoms with Gasteiger partial charge in [0.25, 0.3) is 0 Å². The Bertz CT molecular complexity index is 587. The molecular weight excluding hydrogens is 256 g/mol. The number of fused-ring (bicyclic) bond motifs is 1. The van der Waals surface area contributed by atoms with Gasteiger partial charge in [-0.2, -0.15) is 5.10 Å². The summed E-state index contributed by atoms with van der Waals surface area (Å²) >= 11 is 5.88. The van der Waals surface area contributed by atoms with E-state index in [9.17, 15) is 4.79 Å². The molecule has 3 N–H and O–H groups in total. The number of carbonyl (C=O) groups is 1. The molecule has 2 aromatic rings. The molecule has 2 aromatic heterocycles. The third-order valence-corrected chi connectivity index (χ3v) is 2.96. The van der Waals surface area contributed by atoms with Gasteiger partial charge in [-0.1, -0.05) is 0 Å². The molecular formula is C10H15ClN6O. The number of imidazole rings is 1. The predicted molar refractivity (Wildman–Crippen MR) is 68.4 cm³/mol. The Morgan fingerprint density at radius 1 is 1.56 bits per heavy atom. The quantitative estimate of drug-likeness (QED) is 0.792. The highest BCUT2D eigenvalue weighted by Gasteiger charge is 2.16. The molecule has 0 bridgehead atoms. The number of nitrogens with zero attached hydrogens (tertiary/aromatic N) is 4. The molecule has 7 nitrogen and oxygen atoms in total. The molecule has 0 aliphatic rings. The molecule has 0 aliphatic carbocycles. The second-order valence-corrected chi connectivity index (χ2v) is 4.25. The second kappa shape index (κ2) is 4.85. The molecule has 0 aromatic carbocycles. The Morgan fingerprint density at radius 2 is 2.28 bits per heavy atom. The number of aryl methyl sites for hydroxylation is 2. The van der Waals surface area contributed by atoms with Crippen molar-refractivity contribution in [2.45, 2.75) is 19.3 Å². The SMILES string of the molecule is Cc1nn(C)c2c1nc(CCl)n2CCNC(N)=O. The summed E-state index contributed by atoms with van der Waals surface area (Å²) in [4.78, 5) is 15.1. The van der Waals surface area contributed by atoms with Gasteiger partial charge < -0.3 is 15.6 Å². The van der Waals surface area contributed by atoms with Crippen molar-refractivity contribution in [2.24, 2.45) is 12.8 Å². The zero-order valence-corrected chi connectivity index (χ0v) is 11.0. The number of hydrogen-bond acceptors (Lipinski definition) is 3. The van der Waals surface area contributed by atoms with E-state index < -0.39 is 6.03 Å².